The number of aryl methyl sites for hydroxylation is 1. The van der Waals surface area contributed by atoms with E-state index < -0.39 is 5.91 Å². The summed E-state index contributed by atoms with van der Waals surface area (Å²) in [5.74, 6) is -0.541. The van der Waals surface area contributed by atoms with E-state index in [1.54, 1.807) is 11.6 Å². The van der Waals surface area contributed by atoms with E-state index in [1.165, 1.54) is 33.8 Å². The first kappa shape index (κ1) is 20.3. The number of amides is 1. The van der Waals surface area contributed by atoms with Gasteiger partial charge in [0.25, 0.3) is 5.91 Å². The fraction of sp³-hybridized carbons (Fsp3) is 0.292. The number of fused-ring (bicyclic) bond motifs is 1. The van der Waals surface area contributed by atoms with E-state index in [0.717, 1.165) is 31.5 Å². The topological polar surface area (TPSA) is 94.4 Å². The van der Waals surface area contributed by atoms with Gasteiger partial charge in [0.05, 0.1) is 0 Å². The SMILES string of the molecule is Cc1[nH]c2ccccc2c1C[C@H]1C[C@H](N)CN1Cc1ccc(/C=C/C(=O)NO)cc1. The summed E-state index contributed by atoms with van der Waals surface area (Å²) < 4.78 is 0. The maximum Gasteiger partial charge on any atom is 0.267 e. The van der Waals surface area contributed by atoms with E-state index in [-0.39, 0.29) is 6.04 Å². The molecule has 0 spiro atoms. The van der Waals surface area contributed by atoms with Gasteiger partial charge in [-0.05, 0) is 48.6 Å². The highest BCUT2D eigenvalue weighted by atomic mass is 16.5. The van der Waals surface area contributed by atoms with E-state index in [2.05, 4.69) is 53.2 Å². The van der Waals surface area contributed by atoms with Crippen LogP contribution in [0, 0.1) is 6.92 Å². The predicted molar refractivity (Wildman–Crippen MR) is 119 cm³/mol. The number of carbonyl (C=O) groups is 1. The van der Waals surface area contributed by atoms with E-state index in [0.29, 0.717) is 6.04 Å². The number of hydrogen-bond donors (Lipinski definition) is 4. The second-order valence-electron chi connectivity index (χ2n) is 8.11. The smallest absolute Gasteiger partial charge is 0.267 e. The Bertz CT molecular complexity index is 1050. The summed E-state index contributed by atoms with van der Waals surface area (Å²) in [4.78, 5) is 17.1. The Balaban J connectivity index is 1.47. The Labute approximate surface area is 176 Å². The van der Waals surface area contributed by atoms with Gasteiger partial charge in [-0.1, -0.05) is 42.5 Å². The van der Waals surface area contributed by atoms with E-state index >= 15 is 0 Å². The molecule has 1 aliphatic heterocycles. The molecule has 1 fully saturated rings. The van der Waals surface area contributed by atoms with Crippen molar-refractivity contribution in [1.29, 1.82) is 0 Å². The van der Waals surface area contributed by atoms with Crippen LogP contribution in [0.2, 0.25) is 0 Å². The van der Waals surface area contributed by atoms with Gasteiger partial charge < -0.3 is 10.7 Å². The molecule has 0 saturated carbocycles. The van der Waals surface area contributed by atoms with Crippen molar-refractivity contribution in [2.75, 3.05) is 6.54 Å². The number of aromatic amines is 1. The third-order valence-corrected chi connectivity index (χ3v) is 5.93. The van der Waals surface area contributed by atoms with Crippen LogP contribution in [0.3, 0.4) is 0 Å². The molecule has 156 valence electrons. The van der Waals surface area contributed by atoms with Crippen LogP contribution in [0.5, 0.6) is 0 Å². The zero-order valence-electron chi connectivity index (χ0n) is 17.1. The number of nitrogens with zero attached hydrogens (tertiary/aromatic N) is 1. The number of hydroxylamine groups is 1. The van der Waals surface area contributed by atoms with Crippen LogP contribution in [0.1, 0.15) is 28.8 Å². The fourth-order valence-electron chi connectivity index (χ4n) is 4.44. The van der Waals surface area contributed by atoms with Crippen molar-refractivity contribution >= 4 is 22.9 Å². The lowest BCUT2D eigenvalue weighted by Crippen LogP contribution is -2.31. The standard InChI is InChI=1S/C24H28N4O2/c1-16-22(21-4-2-3-5-23(21)26-16)13-20-12-19(25)15-28(20)14-18-8-6-17(7-9-18)10-11-24(29)27-30/h2-11,19-20,26,30H,12-15,25H2,1H3,(H,27,29)/b11-10+/t19-,20+/m0/s1. The summed E-state index contributed by atoms with van der Waals surface area (Å²) in [6, 6.07) is 17.2. The molecule has 0 aliphatic carbocycles. The summed E-state index contributed by atoms with van der Waals surface area (Å²) in [7, 11) is 0. The lowest BCUT2D eigenvalue weighted by molar-refractivity contribution is -0.124. The molecule has 5 N–H and O–H groups in total. The summed E-state index contributed by atoms with van der Waals surface area (Å²) in [6.07, 6.45) is 4.95. The minimum Gasteiger partial charge on any atom is -0.358 e. The second-order valence-corrected chi connectivity index (χ2v) is 8.11. The minimum atomic E-state index is -0.541. The second kappa shape index (κ2) is 8.83. The van der Waals surface area contributed by atoms with Gasteiger partial charge >= 0.3 is 0 Å². The highest BCUT2D eigenvalue weighted by Crippen LogP contribution is 2.28. The number of hydrogen-bond acceptors (Lipinski definition) is 4. The number of nitrogens with two attached hydrogens (primary N) is 1. The highest BCUT2D eigenvalue weighted by molar-refractivity contribution is 5.90. The first-order chi connectivity index (χ1) is 14.5. The third-order valence-electron chi connectivity index (χ3n) is 5.93. The predicted octanol–water partition coefficient (Wildman–Crippen LogP) is 3.14. The fourth-order valence-corrected chi connectivity index (χ4v) is 4.44. The van der Waals surface area contributed by atoms with Gasteiger partial charge in [-0.2, -0.15) is 0 Å². The van der Waals surface area contributed by atoms with Crippen LogP contribution >= 0.6 is 0 Å². The average Bonchev–Trinajstić information content (AvgIpc) is 3.26. The van der Waals surface area contributed by atoms with Crippen LogP contribution in [0.25, 0.3) is 17.0 Å². The van der Waals surface area contributed by atoms with Crippen molar-refractivity contribution in [2.24, 2.45) is 5.73 Å². The van der Waals surface area contributed by atoms with Crippen molar-refractivity contribution in [3.63, 3.8) is 0 Å². The molecule has 1 aliphatic rings. The zero-order valence-corrected chi connectivity index (χ0v) is 17.1. The molecule has 1 aromatic heterocycles. The molecule has 2 heterocycles. The Kier molecular flexibility index (Phi) is 5.99. The molecule has 0 bridgehead atoms. The molecule has 3 aromatic rings. The molecule has 0 radical (unpaired) electrons. The number of nitrogens with one attached hydrogen (secondary N) is 2. The van der Waals surface area contributed by atoms with Gasteiger partial charge in [0, 0.05) is 47.8 Å². The Morgan fingerprint density at radius 3 is 2.80 bits per heavy atom. The molecule has 6 heteroatoms. The average molecular weight is 405 g/mol. The highest BCUT2D eigenvalue weighted by Gasteiger charge is 2.31. The normalized spacial score (nSPS) is 19.7. The van der Waals surface area contributed by atoms with Gasteiger partial charge in [-0.3, -0.25) is 14.9 Å². The minimum absolute atomic E-state index is 0.194. The number of rotatable bonds is 6. The lowest BCUT2D eigenvalue weighted by Gasteiger charge is -2.24. The molecule has 30 heavy (non-hydrogen) atoms. The summed E-state index contributed by atoms with van der Waals surface area (Å²) in [5.41, 5.74) is 13.9. The van der Waals surface area contributed by atoms with Gasteiger partial charge in [-0.25, -0.2) is 5.48 Å². The van der Waals surface area contributed by atoms with Crippen molar-refractivity contribution in [3.05, 3.63) is 77.0 Å². The number of benzene rings is 2. The van der Waals surface area contributed by atoms with Crippen LogP contribution in [0.15, 0.2) is 54.6 Å². The first-order valence-corrected chi connectivity index (χ1v) is 10.3. The number of para-hydroxylation sites is 1. The van der Waals surface area contributed by atoms with Crippen LogP contribution in [-0.2, 0) is 17.8 Å². The van der Waals surface area contributed by atoms with Crippen molar-refractivity contribution in [2.45, 2.75) is 38.4 Å². The van der Waals surface area contributed by atoms with E-state index in [9.17, 15) is 4.79 Å². The molecule has 1 amide bonds. The maximum atomic E-state index is 11.1. The van der Waals surface area contributed by atoms with Crippen LogP contribution in [-0.4, -0.2) is 39.6 Å². The molecule has 0 unspecified atom stereocenters. The molecule has 6 nitrogen and oxygen atoms in total. The van der Waals surface area contributed by atoms with Crippen molar-refractivity contribution in [1.82, 2.24) is 15.4 Å². The molecule has 2 atom stereocenters. The Hall–Kier alpha value is -2.93. The van der Waals surface area contributed by atoms with Crippen molar-refractivity contribution in [3.8, 4) is 0 Å². The van der Waals surface area contributed by atoms with Crippen LogP contribution in [0.4, 0.5) is 0 Å². The molecule has 2 aromatic carbocycles. The van der Waals surface area contributed by atoms with Crippen molar-refractivity contribution < 1.29 is 10.0 Å². The molecule has 4 rings (SSSR count). The number of H-pyrrole nitrogens is 1. The van der Waals surface area contributed by atoms with Gasteiger partial charge in [0.2, 0.25) is 0 Å². The summed E-state index contributed by atoms with van der Waals surface area (Å²) >= 11 is 0. The number of likely N-dealkylation sites (tertiary alicyclic amines) is 1. The third kappa shape index (κ3) is 4.46. The number of aromatic nitrogens is 1. The maximum absolute atomic E-state index is 11.1. The molecule has 1 saturated heterocycles. The monoisotopic (exact) mass is 404 g/mol. The Morgan fingerprint density at radius 1 is 1.27 bits per heavy atom. The molecular formula is C24H28N4O2. The summed E-state index contributed by atoms with van der Waals surface area (Å²) in [5, 5.41) is 9.87. The first-order valence-electron chi connectivity index (χ1n) is 10.3. The molecular weight excluding hydrogens is 376 g/mol. The zero-order chi connectivity index (χ0) is 21.1. The quantitative estimate of drug-likeness (QED) is 0.288. The lowest BCUT2D eigenvalue weighted by atomic mass is 10.00. The van der Waals surface area contributed by atoms with Gasteiger partial charge in [0.15, 0.2) is 0 Å². The van der Waals surface area contributed by atoms with Crippen LogP contribution < -0.4 is 11.2 Å². The number of carbonyl (C=O) groups excluding carboxylic acids is 1. The van der Waals surface area contributed by atoms with E-state index in [1.807, 2.05) is 12.1 Å². The Morgan fingerprint density at radius 2 is 2.03 bits per heavy atom. The van der Waals surface area contributed by atoms with Gasteiger partial charge in [0.1, 0.15) is 0 Å². The summed E-state index contributed by atoms with van der Waals surface area (Å²) in [6.45, 7) is 3.89. The van der Waals surface area contributed by atoms with Gasteiger partial charge in [-0.15, -0.1) is 0 Å². The van der Waals surface area contributed by atoms with E-state index in [4.69, 9.17) is 10.9 Å². The largest absolute Gasteiger partial charge is 0.358 e.